The highest BCUT2D eigenvalue weighted by Crippen LogP contribution is 2.12. The summed E-state index contributed by atoms with van der Waals surface area (Å²) in [5, 5.41) is 4.35. The van der Waals surface area contributed by atoms with Crippen LogP contribution in [0.25, 0.3) is 5.65 Å². The van der Waals surface area contributed by atoms with E-state index < -0.39 is 5.97 Å². The number of methoxy groups -OCH3 is 1. The molecule has 0 aliphatic heterocycles. The van der Waals surface area contributed by atoms with Crippen LogP contribution in [-0.4, -0.2) is 27.7 Å². The first kappa shape index (κ1) is 9.92. The Morgan fingerprint density at radius 1 is 1.53 bits per heavy atom. The lowest BCUT2D eigenvalue weighted by Crippen LogP contribution is -2.07. The molecule has 0 saturated carbocycles. The molecule has 0 aliphatic carbocycles. The van der Waals surface area contributed by atoms with Gasteiger partial charge in [-0.1, -0.05) is 11.6 Å². The number of aryl methyl sites for hydroxylation is 1. The molecule has 0 N–H and O–H groups in total. The smallest absolute Gasteiger partial charge is 0.356 e. The molecule has 0 unspecified atom stereocenters. The lowest BCUT2D eigenvalue weighted by atomic mass is 10.3. The van der Waals surface area contributed by atoms with Crippen molar-refractivity contribution in [2.24, 2.45) is 0 Å². The van der Waals surface area contributed by atoms with E-state index in [1.807, 2.05) is 6.92 Å². The van der Waals surface area contributed by atoms with Crippen LogP contribution in [0.15, 0.2) is 12.1 Å². The highest BCUT2D eigenvalue weighted by Gasteiger charge is 2.11. The van der Waals surface area contributed by atoms with Gasteiger partial charge in [0.25, 0.3) is 0 Å². The summed E-state index contributed by atoms with van der Waals surface area (Å²) >= 11 is 5.73. The molecule has 0 aromatic carbocycles. The van der Waals surface area contributed by atoms with Crippen LogP contribution in [0.4, 0.5) is 0 Å². The third-order valence-electron chi connectivity index (χ3n) is 1.97. The fourth-order valence-corrected chi connectivity index (χ4v) is 1.48. The van der Waals surface area contributed by atoms with Gasteiger partial charge in [-0.3, -0.25) is 0 Å². The van der Waals surface area contributed by atoms with E-state index in [2.05, 4.69) is 14.8 Å². The third kappa shape index (κ3) is 1.66. The molecule has 0 atom stereocenters. The van der Waals surface area contributed by atoms with Gasteiger partial charge in [-0.2, -0.15) is 5.10 Å². The summed E-state index contributed by atoms with van der Waals surface area (Å²) < 4.78 is 6.15. The summed E-state index contributed by atoms with van der Waals surface area (Å²) in [6.07, 6.45) is 0. The van der Waals surface area contributed by atoms with Gasteiger partial charge in [-0.25, -0.2) is 14.3 Å². The summed E-state index contributed by atoms with van der Waals surface area (Å²) in [5.41, 5.74) is 1.55. The SMILES string of the molecule is COC(=O)c1cc(C)n2nc(Cl)cc2n1. The van der Waals surface area contributed by atoms with E-state index in [1.165, 1.54) is 7.11 Å². The zero-order valence-electron chi connectivity index (χ0n) is 8.19. The number of carbonyl (C=O) groups excluding carboxylic acids is 1. The fourth-order valence-electron chi connectivity index (χ4n) is 1.31. The van der Waals surface area contributed by atoms with Crippen LogP contribution < -0.4 is 0 Å². The zero-order valence-corrected chi connectivity index (χ0v) is 8.95. The molecule has 0 bridgehead atoms. The Morgan fingerprint density at radius 2 is 2.27 bits per heavy atom. The standard InChI is InChI=1S/C9H8ClN3O2/c1-5-3-6(9(14)15-2)11-8-4-7(10)12-13(5)8/h3-4H,1-2H3. The van der Waals surface area contributed by atoms with Gasteiger partial charge in [0.15, 0.2) is 16.5 Å². The minimum absolute atomic E-state index is 0.249. The van der Waals surface area contributed by atoms with Crippen molar-refractivity contribution in [3.63, 3.8) is 0 Å². The maximum absolute atomic E-state index is 11.3. The van der Waals surface area contributed by atoms with Crippen LogP contribution in [-0.2, 0) is 4.74 Å². The van der Waals surface area contributed by atoms with Gasteiger partial charge in [-0.15, -0.1) is 0 Å². The predicted molar refractivity (Wildman–Crippen MR) is 54.1 cm³/mol. The maximum Gasteiger partial charge on any atom is 0.356 e. The summed E-state index contributed by atoms with van der Waals surface area (Å²) in [5.74, 6) is -0.474. The number of esters is 1. The Kier molecular flexibility index (Phi) is 2.32. The highest BCUT2D eigenvalue weighted by atomic mass is 35.5. The van der Waals surface area contributed by atoms with Crippen LogP contribution >= 0.6 is 11.6 Å². The van der Waals surface area contributed by atoms with Crippen molar-refractivity contribution >= 4 is 23.2 Å². The van der Waals surface area contributed by atoms with E-state index in [0.717, 1.165) is 5.69 Å². The minimum Gasteiger partial charge on any atom is -0.464 e. The largest absolute Gasteiger partial charge is 0.464 e. The van der Waals surface area contributed by atoms with E-state index >= 15 is 0 Å². The van der Waals surface area contributed by atoms with Crippen LogP contribution in [0, 0.1) is 6.92 Å². The summed E-state index contributed by atoms with van der Waals surface area (Å²) in [4.78, 5) is 15.3. The van der Waals surface area contributed by atoms with E-state index in [9.17, 15) is 4.79 Å². The lowest BCUT2D eigenvalue weighted by molar-refractivity contribution is 0.0594. The van der Waals surface area contributed by atoms with Crippen LogP contribution in [0.3, 0.4) is 0 Å². The molecule has 0 aliphatic rings. The van der Waals surface area contributed by atoms with Crippen LogP contribution in [0.2, 0.25) is 5.15 Å². The average molecular weight is 226 g/mol. The molecule has 0 spiro atoms. The summed E-state index contributed by atoms with van der Waals surface area (Å²) in [7, 11) is 1.31. The van der Waals surface area contributed by atoms with Gasteiger partial charge >= 0.3 is 5.97 Å². The Balaban J connectivity index is 2.66. The molecule has 2 rings (SSSR count). The number of aromatic nitrogens is 3. The molecule has 0 amide bonds. The molecule has 15 heavy (non-hydrogen) atoms. The molecule has 5 nitrogen and oxygen atoms in total. The molecular weight excluding hydrogens is 218 g/mol. The first-order valence-corrected chi connectivity index (χ1v) is 4.61. The van der Waals surface area contributed by atoms with Gasteiger partial charge in [0.1, 0.15) is 0 Å². The fraction of sp³-hybridized carbons (Fsp3) is 0.222. The number of ether oxygens (including phenoxy) is 1. The Bertz CT molecular complexity index is 535. The van der Waals surface area contributed by atoms with E-state index in [4.69, 9.17) is 11.6 Å². The molecule has 0 saturated heterocycles. The van der Waals surface area contributed by atoms with Crippen LogP contribution in [0.5, 0.6) is 0 Å². The number of nitrogens with zero attached hydrogens (tertiary/aromatic N) is 3. The first-order chi connectivity index (χ1) is 7.11. The number of rotatable bonds is 1. The minimum atomic E-state index is -0.474. The Morgan fingerprint density at radius 3 is 2.93 bits per heavy atom. The third-order valence-corrected chi connectivity index (χ3v) is 2.15. The molecule has 0 radical (unpaired) electrons. The van der Waals surface area contributed by atoms with Gasteiger partial charge in [0.2, 0.25) is 0 Å². The van der Waals surface area contributed by atoms with Crippen molar-refractivity contribution in [1.29, 1.82) is 0 Å². The van der Waals surface area contributed by atoms with Gasteiger partial charge in [-0.05, 0) is 13.0 Å². The van der Waals surface area contributed by atoms with Crippen molar-refractivity contribution in [3.05, 3.63) is 28.7 Å². The van der Waals surface area contributed by atoms with Crippen molar-refractivity contribution in [1.82, 2.24) is 14.6 Å². The summed E-state index contributed by atoms with van der Waals surface area (Å²) in [6.45, 7) is 1.81. The normalized spacial score (nSPS) is 10.6. The Hall–Kier alpha value is -1.62. The van der Waals surface area contributed by atoms with Crippen molar-refractivity contribution in [2.45, 2.75) is 6.92 Å². The average Bonchev–Trinajstić information content (AvgIpc) is 2.58. The molecule has 0 fully saturated rings. The molecule has 2 heterocycles. The number of carbonyl (C=O) groups is 1. The number of halogens is 1. The second-order valence-electron chi connectivity index (χ2n) is 3.01. The van der Waals surface area contributed by atoms with E-state index in [0.29, 0.717) is 10.8 Å². The summed E-state index contributed by atoms with van der Waals surface area (Å²) in [6, 6.07) is 3.18. The highest BCUT2D eigenvalue weighted by molar-refractivity contribution is 6.29. The van der Waals surface area contributed by atoms with Crippen molar-refractivity contribution < 1.29 is 9.53 Å². The van der Waals surface area contributed by atoms with E-state index in [1.54, 1.807) is 16.6 Å². The Labute approximate surface area is 90.6 Å². The number of hydrogen-bond acceptors (Lipinski definition) is 4. The monoisotopic (exact) mass is 225 g/mol. The lowest BCUT2D eigenvalue weighted by Gasteiger charge is -2.01. The van der Waals surface area contributed by atoms with Gasteiger partial charge in [0, 0.05) is 11.8 Å². The van der Waals surface area contributed by atoms with Crippen molar-refractivity contribution in [2.75, 3.05) is 7.11 Å². The molecule has 78 valence electrons. The molecule has 2 aromatic heterocycles. The molecular formula is C9H8ClN3O2. The zero-order chi connectivity index (χ0) is 11.0. The second-order valence-corrected chi connectivity index (χ2v) is 3.40. The number of fused-ring (bicyclic) bond motifs is 1. The number of hydrogen-bond donors (Lipinski definition) is 0. The van der Waals surface area contributed by atoms with Crippen molar-refractivity contribution in [3.8, 4) is 0 Å². The topological polar surface area (TPSA) is 56.5 Å². The maximum atomic E-state index is 11.3. The molecule has 2 aromatic rings. The van der Waals surface area contributed by atoms with Gasteiger partial charge in [0.05, 0.1) is 7.11 Å². The van der Waals surface area contributed by atoms with E-state index in [-0.39, 0.29) is 5.69 Å². The second kappa shape index (κ2) is 3.51. The van der Waals surface area contributed by atoms with Crippen LogP contribution in [0.1, 0.15) is 16.2 Å². The molecule has 6 heteroatoms. The quantitative estimate of drug-likeness (QED) is 0.690. The first-order valence-electron chi connectivity index (χ1n) is 4.23. The predicted octanol–water partition coefficient (Wildman–Crippen LogP) is 1.48. The van der Waals surface area contributed by atoms with Gasteiger partial charge < -0.3 is 4.74 Å².